The predicted molar refractivity (Wildman–Crippen MR) is 118 cm³/mol. The van der Waals surface area contributed by atoms with Gasteiger partial charge in [0.1, 0.15) is 16.7 Å². The molecule has 0 aliphatic heterocycles. The Labute approximate surface area is 181 Å². The summed E-state index contributed by atoms with van der Waals surface area (Å²) in [5.74, 6) is -1.36. The summed E-state index contributed by atoms with van der Waals surface area (Å²) in [5, 5.41) is 9.97. The second kappa shape index (κ2) is 9.77. The lowest BCUT2D eigenvalue weighted by atomic mass is 10.1. The van der Waals surface area contributed by atoms with E-state index in [1.54, 1.807) is 31.2 Å². The van der Waals surface area contributed by atoms with Gasteiger partial charge >= 0.3 is 0 Å². The van der Waals surface area contributed by atoms with Crippen LogP contribution in [0.25, 0.3) is 0 Å². The van der Waals surface area contributed by atoms with E-state index in [1.807, 2.05) is 0 Å². The van der Waals surface area contributed by atoms with Crippen molar-refractivity contribution < 1.29 is 13.6 Å². The van der Waals surface area contributed by atoms with Crippen molar-refractivity contribution in [3.05, 3.63) is 83.5 Å². The van der Waals surface area contributed by atoms with Crippen LogP contribution < -0.4 is 16.1 Å². The Bertz CT molecular complexity index is 1170. The van der Waals surface area contributed by atoms with Gasteiger partial charge in [-0.15, -0.1) is 0 Å². The maximum Gasteiger partial charge on any atom is 0.247 e. The van der Waals surface area contributed by atoms with Crippen molar-refractivity contribution in [1.82, 2.24) is 9.97 Å². The summed E-state index contributed by atoms with van der Waals surface area (Å²) in [5.41, 5.74) is 4.20. The van der Waals surface area contributed by atoms with Crippen molar-refractivity contribution >= 4 is 46.4 Å². The number of aromatic nitrogens is 2. The molecule has 0 radical (unpaired) electrons. The van der Waals surface area contributed by atoms with Gasteiger partial charge in [-0.2, -0.15) is 10.1 Å². The number of anilines is 4. The zero-order valence-electron chi connectivity index (χ0n) is 16.3. The minimum absolute atomic E-state index is 0.102. The topological polar surface area (TPSA) is 91.3 Å². The summed E-state index contributed by atoms with van der Waals surface area (Å²) in [7, 11) is 0. The van der Waals surface area contributed by atoms with Crippen LogP contribution in [-0.4, -0.2) is 21.6 Å². The largest absolute Gasteiger partial charge is 0.339 e. The molecular formula is C21H17ClF2N6O. The molecule has 0 unspecified atom stereocenters. The van der Waals surface area contributed by atoms with Crippen molar-refractivity contribution in [2.24, 2.45) is 5.10 Å². The Balaban J connectivity index is 1.77. The highest BCUT2D eigenvalue weighted by molar-refractivity contribution is 6.32. The molecule has 10 heteroatoms. The number of carbonyl (C=O) groups excluding carboxylic acids is 1. The van der Waals surface area contributed by atoms with Crippen LogP contribution in [0, 0.1) is 11.6 Å². The average Bonchev–Trinajstić information content (AvgIpc) is 2.74. The lowest BCUT2D eigenvalue weighted by molar-refractivity contribution is -0.111. The molecule has 0 fully saturated rings. The van der Waals surface area contributed by atoms with Crippen molar-refractivity contribution in [1.29, 1.82) is 0 Å². The van der Waals surface area contributed by atoms with E-state index in [1.165, 1.54) is 18.3 Å². The molecule has 3 aromatic rings. The number of benzene rings is 2. The van der Waals surface area contributed by atoms with Crippen molar-refractivity contribution in [2.45, 2.75) is 6.92 Å². The fraction of sp³-hybridized carbons (Fsp3) is 0.0476. The van der Waals surface area contributed by atoms with Crippen molar-refractivity contribution in [3.8, 4) is 0 Å². The van der Waals surface area contributed by atoms with Crippen LogP contribution in [0.3, 0.4) is 0 Å². The average molecular weight is 443 g/mol. The summed E-state index contributed by atoms with van der Waals surface area (Å²) in [6, 6.07) is 10.1. The Kier molecular flexibility index (Phi) is 6.88. The molecule has 1 aromatic heterocycles. The van der Waals surface area contributed by atoms with Gasteiger partial charge in [0, 0.05) is 23.0 Å². The maximum absolute atomic E-state index is 13.9. The third-order valence-corrected chi connectivity index (χ3v) is 4.24. The van der Waals surface area contributed by atoms with E-state index in [4.69, 9.17) is 11.6 Å². The minimum atomic E-state index is -0.731. The molecule has 1 amide bonds. The predicted octanol–water partition coefficient (Wildman–Crippen LogP) is 5.11. The molecule has 0 saturated heterocycles. The molecule has 3 N–H and O–H groups in total. The molecule has 0 bridgehead atoms. The molecule has 158 valence electrons. The van der Waals surface area contributed by atoms with Crippen LogP contribution in [0.2, 0.25) is 5.02 Å². The van der Waals surface area contributed by atoms with Crippen LogP contribution in [-0.2, 0) is 4.79 Å². The highest BCUT2D eigenvalue weighted by Crippen LogP contribution is 2.25. The van der Waals surface area contributed by atoms with Gasteiger partial charge in [-0.1, -0.05) is 24.2 Å². The normalized spacial score (nSPS) is 11.0. The van der Waals surface area contributed by atoms with Crippen LogP contribution in [0.4, 0.5) is 31.9 Å². The number of nitrogens with zero attached hydrogens (tertiary/aromatic N) is 3. The van der Waals surface area contributed by atoms with Gasteiger partial charge in [0.25, 0.3) is 0 Å². The molecule has 0 spiro atoms. The number of hydrazone groups is 1. The van der Waals surface area contributed by atoms with E-state index in [9.17, 15) is 13.6 Å². The lowest BCUT2D eigenvalue weighted by Gasteiger charge is -2.10. The number of halogens is 3. The SMILES string of the molecule is C=CC(=O)Nc1cccc(Nc2nc(N/N=C(\C)c3ccc(F)cc3F)ncc2Cl)c1. The summed E-state index contributed by atoms with van der Waals surface area (Å²) in [6.45, 7) is 4.97. The molecule has 0 saturated carbocycles. The molecule has 0 aliphatic rings. The third-order valence-electron chi connectivity index (χ3n) is 3.97. The summed E-state index contributed by atoms with van der Waals surface area (Å²) < 4.78 is 26.9. The molecule has 0 atom stereocenters. The van der Waals surface area contributed by atoms with Gasteiger partial charge in [-0.25, -0.2) is 19.2 Å². The van der Waals surface area contributed by atoms with Crippen LogP contribution in [0.15, 0.2) is 66.4 Å². The quantitative estimate of drug-likeness (QED) is 0.268. The second-order valence-corrected chi connectivity index (χ2v) is 6.63. The van der Waals surface area contributed by atoms with E-state index in [0.29, 0.717) is 11.4 Å². The lowest BCUT2D eigenvalue weighted by Crippen LogP contribution is -2.07. The van der Waals surface area contributed by atoms with Crippen LogP contribution >= 0.6 is 11.6 Å². The molecule has 2 aromatic carbocycles. The van der Waals surface area contributed by atoms with Gasteiger partial charge < -0.3 is 10.6 Å². The summed E-state index contributed by atoms with van der Waals surface area (Å²) in [6.07, 6.45) is 2.53. The van der Waals surface area contributed by atoms with Gasteiger partial charge in [0.2, 0.25) is 11.9 Å². The van der Waals surface area contributed by atoms with Gasteiger partial charge in [0.15, 0.2) is 5.82 Å². The molecule has 3 rings (SSSR count). The molecule has 7 nitrogen and oxygen atoms in total. The number of carbonyl (C=O) groups is 1. The first-order chi connectivity index (χ1) is 14.9. The van der Waals surface area contributed by atoms with E-state index < -0.39 is 11.6 Å². The number of amides is 1. The number of hydrogen-bond donors (Lipinski definition) is 3. The van der Waals surface area contributed by atoms with Gasteiger partial charge in [0.05, 0.1) is 11.9 Å². The van der Waals surface area contributed by atoms with E-state index >= 15 is 0 Å². The maximum atomic E-state index is 13.9. The molecule has 31 heavy (non-hydrogen) atoms. The van der Waals surface area contributed by atoms with Gasteiger partial charge in [-0.3, -0.25) is 4.79 Å². The van der Waals surface area contributed by atoms with E-state index in [-0.39, 0.29) is 34.0 Å². The van der Waals surface area contributed by atoms with Crippen molar-refractivity contribution in [3.63, 3.8) is 0 Å². The smallest absolute Gasteiger partial charge is 0.247 e. The Morgan fingerprint density at radius 2 is 1.97 bits per heavy atom. The first-order valence-corrected chi connectivity index (χ1v) is 9.32. The number of hydrogen-bond acceptors (Lipinski definition) is 6. The first-order valence-electron chi connectivity index (χ1n) is 8.94. The standard InChI is InChI=1S/C21H17ClF2N6O/c1-3-19(31)26-14-5-4-6-15(10-14)27-20-17(22)11-25-21(28-20)30-29-12(2)16-8-7-13(23)9-18(16)24/h3-11H,1H2,2H3,(H,26,31)(H2,25,27,28,30)/b29-12+. The van der Waals surface area contributed by atoms with Crippen LogP contribution in [0.1, 0.15) is 12.5 Å². The summed E-state index contributed by atoms with van der Waals surface area (Å²) >= 11 is 6.17. The highest BCUT2D eigenvalue weighted by atomic mass is 35.5. The molecule has 0 aliphatic carbocycles. The summed E-state index contributed by atoms with van der Waals surface area (Å²) in [4.78, 5) is 19.7. The van der Waals surface area contributed by atoms with Crippen LogP contribution in [0.5, 0.6) is 0 Å². The first kappa shape index (κ1) is 21.8. The van der Waals surface area contributed by atoms with Crippen molar-refractivity contribution in [2.75, 3.05) is 16.1 Å². The Morgan fingerprint density at radius 3 is 2.71 bits per heavy atom. The minimum Gasteiger partial charge on any atom is -0.339 e. The van der Waals surface area contributed by atoms with E-state index in [0.717, 1.165) is 12.1 Å². The fourth-order valence-corrected chi connectivity index (χ4v) is 2.63. The molecular weight excluding hydrogens is 426 g/mol. The van der Waals surface area contributed by atoms with E-state index in [2.05, 4.69) is 37.7 Å². The fourth-order valence-electron chi connectivity index (χ4n) is 2.49. The Hall–Kier alpha value is -3.85. The third kappa shape index (κ3) is 5.83. The Morgan fingerprint density at radius 1 is 1.19 bits per heavy atom. The second-order valence-electron chi connectivity index (χ2n) is 6.22. The number of rotatable bonds is 7. The molecule has 1 heterocycles. The zero-order valence-corrected chi connectivity index (χ0v) is 17.0. The highest BCUT2D eigenvalue weighted by Gasteiger charge is 2.09. The zero-order chi connectivity index (χ0) is 22.4. The van der Waals surface area contributed by atoms with Gasteiger partial charge in [-0.05, 0) is 43.3 Å². The number of nitrogens with one attached hydrogen (secondary N) is 3. The monoisotopic (exact) mass is 442 g/mol.